The van der Waals surface area contributed by atoms with Crippen molar-refractivity contribution in [2.24, 2.45) is 5.92 Å². The maximum Gasteiger partial charge on any atom is 0.260 e. The van der Waals surface area contributed by atoms with Crippen molar-refractivity contribution in [1.29, 1.82) is 0 Å². The Balaban J connectivity index is 1.89. The minimum atomic E-state index is -0.357. The van der Waals surface area contributed by atoms with E-state index in [2.05, 4.69) is 10.3 Å². The van der Waals surface area contributed by atoms with E-state index in [9.17, 15) is 9.59 Å². The zero-order valence-corrected chi connectivity index (χ0v) is 9.57. The maximum atomic E-state index is 11.7. The molecule has 1 aromatic rings. The van der Waals surface area contributed by atoms with E-state index in [1.165, 1.54) is 12.3 Å². The average Bonchev–Trinajstić information content (AvgIpc) is 2.38. The topological polar surface area (TPSA) is 71.2 Å². The zero-order valence-electron chi connectivity index (χ0n) is 9.57. The second-order valence-corrected chi connectivity index (χ2v) is 4.21. The van der Waals surface area contributed by atoms with Crippen LogP contribution in [0.1, 0.15) is 23.2 Å². The van der Waals surface area contributed by atoms with E-state index >= 15 is 0 Å². The Labute approximate surface area is 99.2 Å². The number of H-pyrrole nitrogens is 1. The van der Waals surface area contributed by atoms with Gasteiger partial charge in [-0.25, -0.2) is 0 Å². The van der Waals surface area contributed by atoms with Crippen LogP contribution < -0.4 is 10.9 Å². The van der Waals surface area contributed by atoms with Crippen molar-refractivity contribution in [2.45, 2.75) is 12.8 Å². The predicted octanol–water partition coefficient (Wildman–Crippen LogP) is 0.531. The standard InChI is InChI=1S/C12H16N2O3/c15-11-10(4-1-5-13-11)12(16)14-7-9-3-2-6-17-8-9/h1,4-5,9H,2-3,6-8H2,(H,13,15)(H,14,16). The van der Waals surface area contributed by atoms with Gasteiger partial charge >= 0.3 is 0 Å². The summed E-state index contributed by atoms with van der Waals surface area (Å²) < 4.78 is 5.32. The molecule has 92 valence electrons. The zero-order chi connectivity index (χ0) is 12.1. The van der Waals surface area contributed by atoms with Gasteiger partial charge in [0.25, 0.3) is 11.5 Å². The van der Waals surface area contributed by atoms with Crippen LogP contribution in [0, 0.1) is 5.92 Å². The molecular weight excluding hydrogens is 220 g/mol. The van der Waals surface area contributed by atoms with E-state index in [1.54, 1.807) is 6.07 Å². The number of hydrogen-bond donors (Lipinski definition) is 2. The molecule has 2 heterocycles. The molecular formula is C12H16N2O3. The fourth-order valence-corrected chi connectivity index (χ4v) is 1.90. The third kappa shape index (κ3) is 3.17. The smallest absolute Gasteiger partial charge is 0.260 e. The molecule has 2 rings (SSSR count). The monoisotopic (exact) mass is 236 g/mol. The molecule has 1 aliphatic heterocycles. The number of pyridine rings is 1. The van der Waals surface area contributed by atoms with E-state index in [1.807, 2.05) is 0 Å². The van der Waals surface area contributed by atoms with Gasteiger partial charge in [0.1, 0.15) is 5.56 Å². The molecule has 1 amide bonds. The fraction of sp³-hybridized carbons (Fsp3) is 0.500. The minimum absolute atomic E-state index is 0.157. The summed E-state index contributed by atoms with van der Waals surface area (Å²) in [5, 5.41) is 2.77. The van der Waals surface area contributed by atoms with Gasteiger partial charge in [-0.1, -0.05) is 0 Å². The number of rotatable bonds is 3. The molecule has 0 aromatic carbocycles. The summed E-state index contributed by atoms with van der Waals surface area (Å²) in [7, 11) is 0. The highest BCUT2D eigenvalue weighted by Gasteiger charge is 2.16. The molecule has 5 heteroatoms. The van der Waals surface area contributed by atoms with Crippen molar-refractivity contribution in [1.82, 2.24) is 10.3 Å². The van der Waals surface area contributed by atoms with E-state index in [0.29, 0.717) is 19.1 Å². The lowest BCUT2D eigenvalue weighted by atomic mass is 10.0. The van der Waals surface area contributed by atoms with E-state index in [-0.39, 0.29) is 17.0 Å². The van der Waals surface area contributed by atoms with Gasteiger partial charge in [-0.2, -0.15) is 0 Å². The van der Waals surface area contributed by atoms with Crippen molar-refractivity contribution in [3.8, 4) is 0 Å². The highest BCUT2D eigenvalue weighted by atomic mass is 16.5. The van der Waals surface area contributed by atoms with Crippen molar-refractivity contribution in [2.75, 3.05) is 19.8 Å². The van der Waals surface area contributed by atoms with Gasteiger partial charge in [-0.15, -0.1) is 0 Å². The molecule has 0 bridgehead atoms. The van der Waals surface area contributed by atoms with Crippen LogP contribution in [0.25, 0.3) is 0 Å². The summed E-state index contributed by atoms with van der Waals surface area (Å²) in [6, 6.07) is 3.16. The Morgan fingerprint density at radius 1 is 1.59 bits per heavy atom. The Bertz CT molecular complexity index is 435. The largest absolute Gasteiger partial charge is 0.381 e. The molecule has 0 saturated carbocycles. The molecule has 5 nitrogen and oxygen atoms in total. The highest BCUT2D eigenvalue weighted by Crippen LogP contribution is 2.12. The number of hydrogen-bond acceptors (Lipinski definition) is 3. The van der Waals surface area contributed by atoms with Crippen LogP contribution in [0.5, 0.6) is 0 Å². The summed E-state index contributed by atoms with van der Waals surface area (Å²) in [5.41, 5.74) is -0.200. The molecule has 0 aliphatic carbocycles. The van der Waals surface area contributed by atoms with E-state index in [4.69, 9.17) is 4.74 Å². The number of amides is 1. The summed E-state index contributed by atoms with van der Waals surface area (Å²) in [4.78, 5) is 25.6. The van der Waals surface area contributed by atoms with Crippen molar-refractivity contribution >= 4 is 5.91 Å². The minimum Gasteiger partial charge on any atom is -0.381 e. The number of aromatic amines is 1. The quantitative estimate of drug-likeness (QED) is 0.804. The normalized spacial score (nSPS) is 19.9. The molecule has 1 aliphatic rings. The van der Waals surface area contributed by atoms with Crippen molar-refractivity contribution in [3.63, 3.8) is 0 Å². The summed E-state index contributed by atoms with van der Waals surface area (Å²) in [6.45, 7) is 2.06. The summed E-state index contributed by atoms with van der Waals surface area (Å²) in [5.74, 6) is 0.0351. The second-order valence-electron chi connectivity index (χ2n) is 4.21. The van der Waals surface area contributed by atoms with Gasteiger partial charge in [0.15, 0.2) is 0 Å². The number of carbonyl (C=O) groups excluding carboxylic acids is 1. The summed E-state index contributed by atoms with van der Waals surface area (Å²) >= 11 is 0. The Morgan fingerprint density at radius 2 is 2.47 bits per heavy atom. The van der Waals surface area contributed by atoms with Crippen LogP contribution in [-0.2, 0) is 4.74 Å². The second kappa shape index (κ2) is 5.63. The maximum absolute atomic E-state index is 11.7. The van der Waals surface area contributed by atoms with Crippen molar-refractivity contribution in [3.05, 3.63) is 34.2 Å². The van der Waals surface area contributed by atoms with Crippen molar-refractivity contribution < 1.29 is 9.53 Å². The Morgan fingerprint density at radius 3 is 3.18 bits per heavy atom. The van der Waals surface area contributed by atoms with Gasteiger partial charge < -0.3 is 15.0 Å². The van der Waals surface area contributed by atoms with Crippen LogP contribution in [0.4, 0.5) is 0 Å². The molecule has 1 fully saturated rings. The Hall–Kier alpha value is -1.62. The van der Waals surface area contributed by atoms with Crippen LogP contribution in [0.15, 0.2) is 23.1 Å². The molecule has 2 N–H and O–H groups in total. The first-order valence-electron chi connectivity index (χ1n) is 5.81. The lowest BCUT2D eigenvalue weighted by Crippen LogP contribution is -2.35. The van der Waals surface area contributed by atoms with Gasteiger partial charge in [0.2, 0.25) is 0 Å². The Kier molecular flexibility index (Phi) is 3.93. The van der Waals surface area contributed by atoms with E-state index < -0.39 is 0 Å². The lowest BCUT2D eigenvalue weighted by Gasteiger charge is -2.22. The number of ether oxygens (including phenoxy) is 1. The lowest BCUT2D eigenvalue weighted by molar-refractivity contribution is 0.0536. The van der Waals surface area contributed by atoms with E-state index in [0.717, 1.165) is 19.4 Å². The van der Waals surface area contributed by atoms with Gasteiger partial charge in [0, 0.05) is 19.3 Å². The molecule has 0 spiro atoms. The first-order valence-corrected chi connectivity index (χ1v) is 5.81. The molecule has 0 radical (unpaired) electrons. The average molecular weight is 236 g/mol. The summed E-state index contributed by atoms with van der Waals surface area (Å²) in [6.07, 6.45) is 3.60. The van der Waals surface area contributed by atoms with Crippen LogP contribution >= 0.6 is 0 Å². The number of aromatic nitrogens is 1. The molecule has 1 unspecified atom stereocenters. The highest BCUT2D eigenvalue weighted by molar-refractivity contribution is 5.93. The first-order chi connectivity index (χ1) is 8.27. The third-order valence-corrected chi connectivity index (χ3v) is 2.87. The third-order valence-electron chi connectivity index (χ3n) is 2.87. The molecule has 1 atom stereocenters. The van der Waals surface area contributed by atoms with Gasteiger partial charge in [-0.3, -0.25) is 9.59 Å². The van der Waals surface area contributed by atoms with Crippen LogP contribution in [0.2, 0.25) is 0 Å². The van der Waals surface area contributed by atoms with Crippen LogP contribution in [-0.4, -0.2) is 30.6 Å². The van der Waals surface area contributed by atoms with Gasteiger partial charge in [0.05, 0.1) is 6.61 Å². The first kappa shape index (κ1) is 11.9. The predicted molar refractivity (Wildman–Crippen MR) is 62.9 cm³/mol. The molecule has 1 saturated heterocycles. The fourth-order valence-electron chi connectivity index (χ4n) is 1.90. The number of carbonyl (C=O) groups is 1. The SMILES string of the molecule is O=C(NCC1CCCOC1)c1ccc[nH]c1=O. The molecule has 1 aromatic heterocycles. The van der Waals surface area contributed by atoms with Crippen LogP contribution in [0.3, 0.4) is 0 Å². The number of nitrogens with one attached hydrogen (secondary N) is 2. The molecule has 17 heavy (non-hydrogen) atoms. The van der Waals surface area contributed by atoms with Gasteiger partial charge in [-0.05, 0) is 30.9 Å².